The van der Waals surface area contributed by atoms with Crippen molar-refractivity contribution in [3.8, 4) is 40.2 Å². The van der Waals surface area contributed by atoms with Gasteiger partial charge in [-0.1, -0.05) is 42.5 Å². The number of benzene rings is 2. The Morgan fingerprint density at radius 2 is 1.38 bits per heavy atom. The topological polar surface area (TPSA) is 82.5 Å². The van der Waals surface area contributed by atoms with Gasteiger partial charge in [-0.05, 0) is 30.3 Å². The second-order valence-corrected chi connectivity index (χ2v) is 6.32. The van der Waals surface area contributed by atoms with Crippen LogP contribution in [0.15, 0.2) is 90.0 Å². The summed E-state index contributed by atoms with van der Waals surface area (Å²) in [4.78, 5) is 17.6. The molecule has 4 aromatic rings. The molecule has 0 saturated heterocycles. The van der Waals surface area contributed by atoms with E-state index in [4.69, 9.17) is 0 Å². The van der Waals surface area contributed by atoms with E-state index in [-0.39, 0.29) is 5.56 Å². The van der Waals surface area contributed by atoms with Gasteiger partial charge in [0.05, 0.1) is 23.3 Å². The summed E-state index contributed by atoms with van der Waals surface area (Å²) in [5.41, 5.74) is 2.93. The summed E-state index contributed by atoms with van der Waals surface area (Å²) in [6.45, 7) is 0. The van der Waals surface area contributed by atoms with Gasteiger partial charge in [0, 0.05) is 34.6 Å². The first kappa shape index (κ1) is 17.9. The van der Waals surface area contributed by atoms with Gasteiger partial charge in [-0.25, -0.2) is 4.98 Å². The Labute approximate surface area is 167 Å². The lowest BCUT2D eigenvalue weighted by Gasteiger charge is -2.13. The molecule has 0 atom stereocenters. The lowest BCUT2D eigenvalue weighted by molar-refractivity contribution is 0.945. The second kappa shape index (κ2) is 7.64. The van der Waals surface area contributed by atoms with Crippen LogP contribution in [-0.2, 0) is 0 Å². The summed E-state index contributed by atoms with van der Waals surface area (Å²) in [6, 6.07) is 25.6. The van der Waals surface area contributed by atoms with E-state index in [0.717, 1.165) is 0 Å². The van der Waals surface area contributed by atoms with Gasteiger partial charge < -0.3 is 0 Å². The normalized spacial score (nSPS) is 10.1. The molecule has 0 amide bonds. The number of hydrogen-bond acceptors (Lipinski definition) is 4. The maximum absolute atomic E-state index is 13.3. The highest BCUT2D eigenvalue weighted by Crippen LogP contribution is 2.28. The fourth-order valence-corrected chi connectivity index (χ4v) is 3.24. The third kappa shape index (κ3) is 3.29. The van der Waals surface area contributed by atoms with Crippen LogP contribution in [0.25, 0.3) is 28.1 Å². The van der Waals surface area contributed by atoms with Gasteiger partial charge in [-0.3, -0.25) is 9.36 Å². The first-order chi connectivity index (χ1) is 14.2. The van der Waals surface area contributed by atoms with E-state index < -0.39 is 0 Å². The van der Waals surface area contributed by atoms with E-state index in [9.17, 15) is 15.3 Å². The van der Waals surface area contributed by atoms with Crippen molar-refractivity contribution >= 4 is 0 Å². The quantitative estimate of drug-likeness (QED) is 0.535. The first-order valence-electron chi connectivity index (χ1n) is 8.90. The second-order valence-electron chi connectivity index (χ2n) is 6.32. The highest BCUT2D eigenvalue weighted by Gasteiger charge is 2.16. The molecule has 0 bridgehead atoms. The van der Waals surface area contributed by atoms with Crippen LogP contribution in [0.2, 0.25) is 0 Å². The minimum atomic E-state index is -0.287. The molecule has 0 N–H and O–H groups in total. The Hall–Kier alpha value is -4.48. The molecule has 29 heavy (non-hydrogen) atoms. The maximum Gasteiger partial charge on any atom is 0.264 e. The monoisotopic (exact) mass is 374 g/mol. The van der Waals surface area contributed by atoms with Crippen LogP contribution in [-0.4, -0.2) is 9.55 Å². The summed E-state index contributed by atoms with van der Waals surface area (Å²) in [7, 11) is 0. The molecule has 0 aliphatic carbocycles. The number of hydrogen-bond donors (Lipinski definition) is 0. The van der Waals surface area contributed by atoms with Crippen LogP contribution in [0.1, 0.15) is 11.1 Å². The highest BCUT2D eigenvalue weighted by molar-refractivity contribution is 5.78. The van der Waals surface area contributed by atoms with Crippen LogP contribution in [0.5, 0.6) is 0 Å². The molecular weight excluding hydrogens is 360 g/mol. The Balaban J connectivity index is 2.08. The van der Waals surface area contributed by atoms with Crippen molar-refractivity contribution in [2.45, 2.75) is 0 Å². The van der Waals surface area contributed by atoms with Crippen molar-refractivity contribution in [2.24, 2.45) is 0 Å². The van der Waals surface area contributed by atoms with Gasteiger partial charge in [0.15, 0.2) is 0 Å². The molecule has 0 spiro atoms. The van der Waals surface area contributed by atoms with E-state index in [0.29, 0.717) is 39.2 Å². The van der Waals surface area contributed by atoms with Crippen molar-refractivity contribution in [3.63, 3.8) is 0 Å². The molecule has 2 aromatic carbocycles. The zero-order valence-corrected chi connectivity index (χ0v) is 15.3. The Bertz CT molecular complexity index is 1340. The highest BCUT2D eigenvalue weighted by atomic mass is 16.1. The van der Waals surface area contributed by atoms with Gasteiger partial charge in [0.25, 0.3) is 5.56 Å². The summed E-state index contributed by atoms with van der Waals surface area (Å²) in [5.74, 6) is 0.462. The molecule has 0 saturated carbocycles. The summed E-state index contributed by atoms with van der Waals surface area (Å²) < 4.78 is 1.45. The Kier molecular flexibility index (Phi) is 4.72. The van der Waals surface area contributed by atoms with Crippen LogP contribution >= 0.6 is 0 Å². The van der Waals surface area contributed by atoms with Crippen LogP contribution in [0.4, 0.5) is 0 Å². The van der Waals surface area contributed by atoms with E-state index in [1.54, 1.807) is 73.1 Å². The lowest BCUT2D eigenvalue weighted by atomic mass is 9.96. The largest absolute Gasteiger partial charge is 0.268 e. The van der Waals surface area contributed by atoms with Crippen molar-refractivity contribution in [3.05, 3.63) is 107 Å². The van der Waals surface area contributed by atoms with E-state index >= 15 is 0 Å². The molecule has 0 unspecified atom stereocenters. The summed E-state index contributed by atoms with van der Waals surface area (Å²) in [6.07, 6.45) is 3.29. The third-order valence-electron chi connectivity index (χ3n) is 4.61. The van der Waals surface area contributed by atoms with Crippen molar-refractivity contribution in [1.82, 2.24) is 9.55 Å². The molecule has 0 aliphatic heterocycles. The predicted molar refractivity (Wildman–Crippen MR) is 110 cm³/mol. The Morgan fingerprint density at radius 1 is 0.759 bits per heavy atom. The molecule has 0 aliphatic rings. The SMILES string of the molecule is N#Cc1ccccc1-c1cc(-c2ccccc2C#N)c(=O)n(-c2ccccn2)c1. The van der Waals surface area contributed by atoms with Gasteiger partial charge in [0.2, 0.25) is 0 Å². The van der Waals surface area contributed by atoms with Crippen LogP contribution in [0, 0.1) is 22.7 Å². The molecule has 2 aromatic heterocycles. The maximum atomic E-state index is 13.3. The van der Waals surface area contributed by atoms with Crippen LogP contribution in [0.3, 0.4) is 0 Å². The molecule has 5 heteroatoms. The molecule has 136 valence electrons. The average Bonchev–Trinajstić information content (AvgIpc) is 2.80. The number of aromatic nitrogens is 2. The smallest absolute Gasteiger partial charge is 0.264 e. The number of rotatable bonds is 3. The fourth-order valence-electron chi connectivity index (χ4n) is 3.24. The van der Waals surface area contributed by atoms with E-state index in [1.165, 1.54) is 4.57 Å². The molecule has 5 nitrogen and oxygen atoms in total. The number of pyridine rings is 2. The average molecular weight is 374 g/mol. The standard InChI is InChI=1S/C24H14N4O/c25-14-17-7-1-3-9-20(17)19-13-22(21-10-4-2-8-18(21)15-26)24(29)28(16-19)23-11-5-6-12-27-23/h1-13,16H. The molecule has 0 fully saturated rings. The predicted octanol–water partition coefficient (Wildman–Crippen LogP) is 4.31. The van der Waals surface area contributed by atoms with Gasteiger partial charge in [0.1, 0.15) is 5.82 Å². The minimum absolute atomic E-state index is 0.287. The zero-order chi connectivity index (χ0) is 20.2. The number of nitrogens with zero attached hydrogens (tertiary/aromatic N) is 4. The minimum Gasteiger partial charge on any atom is -0.268 e. The fraction of sp³-hybridized carbons (Fsp3) is 0. The van der Waals surface area contributed by atoms with Crippen LogP contribution < -0.4 is 5.56 Å². The van der Waals surface area contributed by atoms with Crippen molar-refractivity contribution in [2.75, 3.05) is 0 Å². The van der Waals surface area contributed by atoms with E-state index in [2.05, 4.69) is 17.1 Å². The van der Waals surface area contributed by atoms with Crippen molar-refractivity contribution < 1.29 is 0 Å². The number of nitriles is 2. The zero-order valence-electron chi connectivity index (χ0n) is 15.3. The molecular formula is C24H14N4O. The van der Waals surface area contributed by atoms with Gasteiger partial charge in [-0.15, -0.1) is 0 Å². The molecule has 4 rings (SSSR count). The van der Waals surface area contributed by atoms with E-state index in [1.807, 2.05) is 12.1 Å². The first-order valence-corrected chi connectivity index (χ1v) is 8.90. The molecule has 0 radical (unpaired) electrons. The lowest BCUT2D eigenvalue weighted by Crippen LogP contribution is -2.21. The third-order valence-corrected chi connectivity index (χ3v) is 4.61. The Morgan fingerprint density at radius 3 is 2.03 bits per heavy atom. The summed E-state index contributed by atoms with van der Waals surface area (Å²) >= 11 is 0. The molecule has 2 heterocycles. The summed E-state index contributed by atoms with van der Waals surface area (Å²) in [5, 5.41) is 19.0. The van der Waals surface area contributed by atoms with Gasteiger partial charge >= 0.3 is 0 Å². The van der Waals surface area contributed by atoms with Crippen molar-refractivity contribution in [1.29, 1.82) is 10.5 Å². The van der Waals surface area contributed by atoms with Gasteiger partial charge in [-0.2, -0.15) is 10.5 Å².